The van der Waals surface area contributed by atoms with Crippen LogP contribution in [-0.2, 0) is 16.1 Å². The summed E-state index contributed by atoms with van der Waals surface area (Å²) in [7, 11) is 0. The van der Waals surface area contributed by atoms with E-state index in [1.54, 1.807) is 12.5 Å². The Morgan fingerprint density at radius 2 is 2.20 bits per heavy atom. The van der Waals surface area contributed by atoms with Gasteiger partial charge in [-0.05, 0) is 31.5 Å². The van der Waals surface area contributed by atoms with E-state index in [0.717, 1.165) is 5.56 Å². The Balaban J connectivity index is 1.71. The van der Waals surface area contributed by atoms with Crippen LogP contribution < -0.4 is 10.3 Å². The SMILES string of the molecule is Cc1cccc(N2N=C(C(=O)N[C@@H](C)Cn3ccnc3)CCC2=O)c1. The second kappa shape index (κ2) is 7.29. The Hall–Kier alpha value is -2.96. The van der Waals surface area contributed by atoms with E-state index < -0.39 is 0 Å². The minimum absolute atomic E-state index is 0.0746. The normalized spacial score (nSPS) is 15.7. The molecule has 7 nitrogen and oxygen atoms in total. The lowest BCUT2D eigenvalue weighted by Gasteiger charge is -2.24. The van der Waals surface area contributed by atoms with Crippen molar-refractivity contribution >= 4 is 23.2 Å². The minimum Gasteiger partial charge on any atom is -0.347 e. The third-order valence-corrected chi connectivity index (χ3v) is 3.96. The number of aryl methyl sites for hydroxylation is 1. The van der Waals surface area contributed by atoms with E-state index in [4.69, 9.17) is 0 Å². The highest BCUT2D eigenvalue weighted by atomic mass is 16.2. The number of amides is 2. The van der Waals surface area contributed by atoms with Crippen LogP contribution in [0.5, 0.6) is 0 Å². The summed E-state index contributed by atoms with van der Waals surface area (Å²) >= 11 is 0. The number of rotatable bonds is 5. The maximum atomic E-state index is 12.5. The predicted molar refractivity (Wildman–Crippen MR) is 95.2 cm³/mol. The van der Waals surface area contributed by atoms with Gasteiger partial charge >= 0.3 is 0 Å². The number of anilines is 1. The lowest BCUT2D eigenvalue weighted by atomic mass is 10.1. The molecule has 1 aliphatic heterocycles. The van der Waals surface area contributed by atoms with Crippen LogP contribution in [0.1, 0.15) is 25.3 Å². The van der Waals surface area contributed by atoms with E-state index >= 15 is 0 Å². The predicted octanol–water partition coefficient (Wildman–Crippen LogP) is 1.88. The zero-order valence-corrected chi connectivity index (χ0v) is 14.3. The number of carbonyl (C=O) groups is 2. The first-order chi connectivity index (χ1) is 12.0. The van der Waals surface area contributed by atoms with Crippen molar-refractivity contribution in [3.8, 4) is 0 Å². The molecule has 0 saturated carbocycles. The molecular weight excluding hydrogens is 318 g/mol. The summed E-state index contributed by atoms with van der Waals surface area (Å²) in [5.74, 6) is -0.341. The fourth-order valence-corrected chi connectivity index (χ4v) is 2.74. The quantitative estimate of drug-likeness (QED) is 0.903. The summed E-state index contributed by atoms with van der Waals surface area (Å²) in [4.78, 5) is 28.7. The topological polar surface area (TPSA) is 79.6 Å². The molecule has 1 atom stereocenters. The minimum atomic E-state index is -0.238. The fourth-order valence-electron chi connectivity index (χ4n) is 2.74. The van der Waals surface area contributed by atoms with Gasteiger partial charge in [-0.2, -0.15) is 5.10 Å². The van der Waals surface area contributed by atoms with Crippen molar-refractivity contribution in [2.75, 3.05) is 5.01 Å². The molecule has 0 aliphatic carbocycles. The van der Waals surface area contributed by atoms with E-state index in [-0.39, 0.29) is 24.3 Å². The van der Waals surface area contributed by atoms with Gasteiger partial charge in [0.15, 0.2) is 0 Å². The number of hydrazone groups is 1. The van der Waals surface area contributed by atoms with Gasteiger partial charge in [-0.1, -0.05) is 12.1 Å². The molecule has 0 bridgehead atoms. The van der Waals surface area contributed by atoms with Gasteiger partial charge < -0.3 is 9.88 Å². The van der Waals surface area contributed by atoms with Crippen LogP contribution in [0, 0.1) is 6.92 Å². The largest absolute Gasteiger partial charge is 0.347 e. The van der Waals surface area contributed by atoms with Gasteiger partial charge in [-0.25, -0.2) is 9.99 Å². The highest BCUT2D eigenvalue weighted by Gasteiger charge is 2.26. The van der Waals surface area contributed by atoms with Crippen molar-refractivity contribution in [2.24, 2.45) is 5.10 Å². The van der Waals surface area contributed by atoms with Crippen LogP contribution >= 0.6 is 0 Å². The number of carbonyl (C=O) groups excluding carboxylic acids is 2. The molecule has 1 aromatic carbocycles. The maximum Gasteiger partial charge on any atom is 0.267 e. The van der Waals surface area contributed by atoms with Crippen LogP contribution in [0.4, 0.5) is 5.69 Å². The molecule has 0 radical (unpaired) electrons. The van der Waals surface area contributed by atoms with Crippen molar-refractivity contribution in [1.82, 2.24) is 14.9 Å². The summed E-state index contributed by atoms with van der Waals surface area (Å²) in [6, 6.07) is 7.44. The Labute approximate surface area is 146 Å². The zero-order valence-electron chi connectivity index (χ0n) is 14.3. The molecule has 1 N–H and O–H groups in total. The second-order valence-electron chi connectivity index (χ2n) is 6.23. The number of hydrogen-bond acceptors (Lipinski definition) is 4. The van der Waals surface area contributed by atoms with Crippen LogP contribution in [-0.4, -0.2) is 33.1 Å². The van der Waals surface area contributed by atoms with Gasteiger partial charge in [0.05, 0.1) is 12.0 Å². The molecule has 2 aromatic rings. The number of hydrogen-bond donors (Lipinski definition) is 1. The monoisotopic (exact) mass is 339 g/mol. The van der Waals surface area contributed by atoms with E-state index in [9.17, 15) is 9.59 Å². The Kier molecular flexibility index (Phi) is 4.92. The first-order valence-corrected chi connectivity index (χ1v) is 8.26. The molecule has 2 amide bonds. The Morgan fingerprint density at radius 1 is 1.36 bits per heavy atom. The average molecular weight is 339 g/mol. The highest BCUT2D eigenvalue weighted by molar-refractivity contribution is 6.40. The van der Waals surface area contributed by atoms with E-state index in [2.05, 4.69) is 15.4 Å². The number of benzene rings is 1. The van der Waals surface area contributed by atoms with Crippen molar-refractivity contribution < 1.29 is 9.59 Å². The summed E-state index contributed by atoms with van der Waals surface area (Å²) in [5.41, 5.74) is 2.09. The lowest BCUT2D eigenvalue weighted by molar-refractivity contribution is -0.119. The molecule has 0 saturated heterocycles. The van der Waals surface area contributed by atoms with Crippen LogP contribution in [0.3, 0.4) is 0 Å². The first-order valence-electron chi connectivity index (χ1n) is 8.26. The Bertz CT molecular complexity index is 798. The molecule has 7 heteroatoms. The highest BCUT2D eigenvalue weighted by Crippen LogP contribution is 2.21. The van der Waals surface area contributed by atoms with E-state index in [0.29, 0.717) is 24.4 Å². The third kappa shape index (κ3) is 4.12. The molecule has 25 heavy (non-hydrogen) atoms. The van der Waals surface area contributed by atoms with E-state index in [1.165, 1.54) is 5.01 Å². The molecule has 3 rings (SSSR count). The van der Waals surface area contributed by atoms with Crippen LogP contribution in [0.2, 0.25) is 0 Å². The standard InChI is InChI=1S/C18H21N5O2/c1-13-4-3-5-15(10-13)23-17(24)7-6-16(21-23)18(25)20-14(2)11-22-9-8-19-12-22/h3-5,8-10,12,14H,6-7,11H2,1-2H3,(H,20,25)/t14-/m0/s1. The molecular formula is C18H21N5O2. The lowest BCUT2D eigenvalue weighted by Crippen LogP contribution is -2.43. The molecule has 1 aromatic heterocycles. The van der Waals surface area contributed by atoms with Gasteiger partial charge in [0.1, 0.15) is 5.71 Å². The molecule has 130 valence electrons. The average Bonchev–Trinajstić information content (AvgIpc) is 3.08. The van der Waals surface area contributed by atoms with Crippen molar-refractivity contribution in [1.29, 1.82) is 0 Å². The van der Waals surface area contributed by atoms with Gasteiger partial charge in [0.2, 0.25) is 5.91 Å². The first kappa shape index (κ1) is 16.9. The van der Waals surface area contributed by atoms with Gasteiger partial charge in [0.25, 0.3) is 5.91 Å². The summed E-state index contributed by atoms with van der Waals surface area (Å²) < 4.78 is 1.90. The van der Waals surface area contributed by atoms with Crippen molar-refractivity contribution in [3.05, 3.63) is 48.5 Å². The van der Waals surface area contributed by atoms with Crippen LogP contribution in [0.25, 0.3) is 0 Å². The van der Waals surface area contributed by atoms with Crippen LogP contribution in [0.15, 0.2) is 48.1 Å². The van der Waals surface area contributed by atoms with Gasteiger partial charge in [-0.3, -0.25) is 9.59 Å². The summed E-state index contributed by atoms with van der Waals surface area (Å²) in [6.45, 7) is 4.50. The smallest absolute Gasteiger partial charge is 0.267 e. The van der Waals surface area contributed by atoms with Gasteiger partial charge in [0, 0.05) is 37.8 Å². The number of aromatic nitrogens is 2. The molecule has 0 fully saturated rings. The fraction of sp³-hybridized carbons (Fsp3) is 0.333. The molecule has 0 unspecified atom stereocenters. The second-order valence-corrected chi connectivity index (χ2v) is 6.23. The number of imidazole rings is 1. The molecule has 0 spiro atoms. The van der Waals surface area contributed by atoms with Gasteiger partial charge in [-0.15, -0.1) is 0 Å². The zero-order chi connectivity index (χ0) is 17.8. The maximum absolute atomic E-state index is 12.5. The van der Waals surface area contributed by atoms with Crippen molar-refractivity contribution in [2.45, 2.75) is 39.3 Å². The molecule has 1 aliphatic rings. The molecule has 2 heterocycles. The summed E-state index contributed by atoms with van der Waals surface area (Å²) in [5, 5.41) is 8.55. The van der Waals surface area contributed by atoms with Crippen molar-refractivity contribution in [3.63, 3.8) is 0 Å². The summed E-state index contributed by atoms with van der Waals surface area (Å²) in [6.07, 6.45) is 5.88. The third-order valence-electron chi connectivity index (χ3n) is 3.96. The Morgan fingerprint density at radius 3 is 2.92 bits per heavy atom. The van der Waals surface area contributed by atoms with E-state index in [1.807, 2.05) is 48.9 Å². The number of nitrogens with zero attached hydrogens (tertiary/aromatic N) is 4. The number of nitrogens with one attached hydrogen (secondary N) is 1.